The van der Waals surface area contributed by atoms with Crippen LogP contribution in [0.25, 0.3) is 0 Å². The Morgan fingerprint density at radius 1 is 0.375 bits per heavy atom. The quantitative estimate of drug-likeness (QED) is 0.370. The molecule has 8 heavy (non-hydrogen) atoms. The van der Waals surface area contributed by atoms with E-state index in [-0.39, 0.29) is 151 Å². The number of halogens is 6. The first kappa shape index (κ1) is 81.6. The molecule has 0 rings (SSSR count). The molecule has 0 aromatic carbocycles. The van der Waals surface area contributed by atoms with Gasteiger partial charge >= 0.3 is 29.6 Å². The van der Waals surface area contributed by atoms with E-state index in [0.717, 1.165) is 0 Å². The van der Waals surface area contributed by atoms with E-state index in [2.05, 4.69) is 0 Å². The standard InChI is InChI=1S/6BrH.Na.Rh.H/h6*1H;;;. The van der Waals surface area contributed by atoms with Crippen LogP contribution in [0, 0.1) is 0 Å². The van der Waals surface area contributed by atoms with Crippen molar-refractivity contribution in [3.63, 3.8) is 0 Å². The monoisotopic (exact) mass is 606 g/mol. The van der Waals surface area contributed by atoms with Gasteiger partial charge in [0.05, 0.1) is 0 Å². The molecular weight excluding hydrogens is 605 g/mol. The molecule has 0 heterocycles. The Balaban J connectivity index is 0. The fraction of sp³-hybridized carbons (Fsp3) is 0. The molecule has 0 amide bonds. The summed E-state index contributed by atoms with van der Waals surface area (Å²) in [6, 6.07) is 0. The van der Waals surface area contributed by atoms with Crippen LogP contribution in [0.2, 0.25) is 0 Å². The Morgan fingerprint density at radius 3 is 0.375 bits per heavy atom. The van der Waals surface area contributed by atoms with E-state index in [1.807, 2.05) is 0 Å². The maximum Gasteiger partial charge on any atom is 0 e. The van der Waals surface area contributed by atoms with Crippen molar-refractivity contribution in [2.45, 2.75) is 0 Å². The first-order chi connectivity index (χ1) is 0. The Bertz CT molecular complexity index is 8.49. The van der Waals surface area contributed by atoms with Crippen LogP contribution >= 0.6 is 102 Å². The Morgan fingerprint density at radius 2 is 0.375 bits per heavy atom. The Labute approximate surface area is 148 Å². The second-order valence-electron chi connectivity index (χ2n) is 0. The largest absolute Gasteiger partial charge is 0 e. The van der Waals surface area contributed by atoms with Crippen LogP contribution in [-0.2, 0) is 19.5 Å². The normalized spacial score (nSPS) is 0. The first-order valence-electron chi connectivity index (χ1n) is 0. The maximum atomic E-state index is 0. The van der Waals surface area contributed by atoms with Gasteiger partial charge in [-0.3, -0.25) is 0 Å². The van der Waals surface area contributed by atoms with Crippen molar-refractivity contribution in [1.29, 1.82) is 0 Å². The molecule has 0 atom stereocenters. The summed E-state index contributed by atoms with van der Waals surface area (Å²) in [5.74, 6) is 0. The molecule has 0 N–H and O–H groups in total. The fourth-order valence-electron chi connectivity index (χ4n) is 0. The van der Waals surface area contributed by atoms with Crippen LogP contribution in [0.3, 0.4) is 0 Å². The molecule has 0 aromatic rings. The van der Waals surface area contributed by atoms with Crippen LogP contribution in [0.4, 0.5) is 0 Å². The average Bonchev–Trinajstić information content (AvgIpc) is 0. The predicted octanol–water partition coefficient (Wildman–Crippen LogP) is 2.82. The number of hydrogen-bond acceptors (Lipinski definition) is 0. The summed E-state index contributed by atoms with van der Waals surface area (Å²) in [4.78, 5) is 0. The first-order valence-corrected chi connectivity index (χ1v) is 0. The third-order valence-corrected chi connectivity index (χ3v) is 0. The van der Waals surface area contributed by atoms with Gasteiger partial charge in [-0.2, -0.15) is 0 Å². The van der Waals surface area contributed by atoms with Gasteiger partial charge in [0, 0.05) is 19.5 Å². The van der Waals surface area contributed by atoms with Crippen LogP contribution < -0.4 is 0 Å². The second kappa shape index (κ2) is 62.6. The number of rotatable bonds is 0. The summed E-state index contributed by atoms with van der Waals surface area (Å²) in [5.41, 5.74) is 0. The van der Waals surface area contributed by atoms with E-state index in [1.165, 1.54) is 0 Å². The molecule has 59 valence electrons. The van der Waals surface area contributed by atoms with Crippen molar-refractivity contribution in [3.05, 3.63) is 0 Å². The zero-order chi connectivity index (χ0) is 0. The summed E-state index contributed by atoms with van der Waals surface area (Å²) in [7, 11) is 0. The molecule has 0 saturated carbocycles. The maximum absolute atomic E-state index is 0. The zero-order valence-electron chi connectivity index (χ0n) is 2.78. The molecular formula is H7Br6NaRh. The molecule has 0 bridgehead atoms. The van der Waals surface area contributed by atoms with Gasteiger partial charge in [-0.15, -0.1) is 102 Å². The van der Waals surface area contributed by atoms with Crippen molar-refractivity contribution in [1.82, 2.24) is 0 Å². The SMILES string of the molecule is Br.Br.Br.Br.Br.Br.[NaH].[Rh]. The van der Waals surface area contributed by atoms with Crippen molar-refractivity contribution in [2.24, 2.45) is 0 Å². The molecule has 0 aliphatic carbocycles. The molecule has 0 aromatic heterocycles. The summed E-state index contributed by atoms with van der Waals surface area (Å²) in [6.45, 7) is 0. The molecule has 0 aliphatic rings. The van der Waals surface area contributed by atoms with E-state index < -0.39 is 0 Å². The average molecular weight is 612 g/mol. The minimum Gasteiger partial charge on any atom is 0 e. The molecule has 0 nitrogen and oxygen atoms in total. The van der Waals surface area contributed by atoms with Crippen LogP contribution in [0.5, 0.6) is 0 Å². The van der Waals surface area contributed by atoms with E-state index >= 15 is 0 Å². The summed E-state index contributed by atoms with van der Waals surface area (Å²) >= 11 is 0. The van der Waals surface area contributed by atoms with Crippen molar-refractivity contribution in [3.8, 4) is 0 Å². The van der Waals surface area contributed by atoms with Gasteiger partial charge in [0.15, 0.2) is 0 Å². The molecule has 0 unspecified atom stereocenters. The van der Waals surface area contributed by atoms with Gasteiger partial charge in [0.25, 0.3) is 0 Å². The topological polar surface area (TPSA) is 0 Å². The van der Waals surface area contributed by atoms with Gasteiger partial charge in [-0.05, 0) is 0 Å². The summed E-state index contributed by atoms with van der Waals surface area (Å²) in [6.07, 6.45) is 0. The summed E-state index contributed by atoms with van der Waals surface area (Å²) in [5, 5.41) is 0. The van der Waals surface area contributed by atoms with E-state index in [4.69, 9.17) is 0 Å². The van der Waals surface area contributed by atoms with Crippen LogP contribution in [0.1, 0.15) is 0 Å². The van der Waals surface area contributed by atoms with Gasteiger partial charge in [-0.25, -0.2) is 0 Å². The fourth-order valence-corrected chi connectivity index (χ4v) is 0. The number of hydrogen-bond donors (Lipinski definition) is 0. The summed E-state index contributed by atoms with van der Waals surface area (Å²) < 4.78 is 0. The minimum absolute atomic E-state index is 0. The van der Waals surface area contributed by atoms with E-state index in [9.17, 15) is 0 Å². The zero-order valence-corrected chi connectivity index (χ0v) is 14.7. The van der Waals surface area contributed by atoms with Crippen molar-refractivity contribution < 1.29 is 19.5 Å². The van der Waals surface area contributed by atoms with Gasteiger partial charge < -0.3 is 0 Å². The van der Waals surface area contributed by atoms with Gasteiger partial charge in [0.1, 0.15) is 0 Å². The minimum atomic E-state index is 0. The molecule has 8 heteroatoms. The third-order valence-electron chi connectivity index (χ3n) is 0. The molecule has 1 radical (unpaired) electrons. The predicted molar refractivity (Wildman–Crippen MR) is 69.1 cm³/mol. The van der Waals surface area contributed by atoms with Crippen LogP contribution in [0.15, 0.2) is 0 Å². The molecule has 0 aliphatic heterocycles. The van der Waals surface area contributed by atoms with Crippen LogP contribution in [-0.4, -0.2) is 29.6 Å². The molecule has 0 saturated heterocycles. The van der Waals surface area contributed by atoms with Crippen molar-refractivity contribution >= 4 is 131 Å². The van der Waals surface area contributed by atoms with E-state index in [0.29, 0.717) is 0 Å². The Hall–Kier alpha value is 4.50. The molecule has 0 spiro atoms. The van der Waals surface area contributed by atoms with E-state index in [1.54, 1.807) is 0 Å². The second-order valence-corrected chi connectivity index (χ2v) is 0. The van der Waals surface area contributed by atoms with Crippen molar-refractivity contribution in [2.75, 3.05) is 0 Å². The smallest absolute Gasteiger partial charge is 0 e. The third kappa shape index (κ3) is 46.8. The Kier molecular flexibility index (Phi) is 638. The van der Waals surface area contributed by atoms with Gasteiger partial charge in [0.2, 0.25) is 0 Å². The molecule has 0 fully saturated rings. The van der Waals surface area contributed by atoms with Gasteiger partial charge in [-0.1, -0.05) is 0 Å².